The molecule has 0 radical (unpaired) electrons. The molecule has 28 heavy (non-hydrogen) atoms. The maximum atomic E-state index is 12.3. The van der Waals surface area contributed by atoms with Gasteiger partial charge in [0.2, 0.25) is 11.6 Å². The molecule has 2 heterocycles. The lowest BCUT2D eigenvalue weighted by atomic mass is 10.2. The Bertz CT molecular complexity index is 981. The highest BCUT2D eigenvalue weighted by Gasteiger charge is 2.18. The Morgan fingerprint density at radius 2 is 1.93 bits per heavy atom. The lowest BCUT2D eigenvalue weighted by Gasteiger charge is -2.11. The largest absolute Gasteiger partial charge is 0.494 e. The normalized spacial score (nSPS) is 10.9. The maximum Gasteiger partial charge on any atom is 0.258 e. The Morgan fingerprint density at radius 1 is 1.14 bits per heavy atom. The van der Waals surface area contributed by atoms with Gasteiger partial charge in [-0.05, 0) is 26.8 Å². The quantitative estimate of drug-likeness (QED) is 0.641. The van der Waals surface area contributed by atoms with Crippen LogP contribution in [0.1, 0.15) is 36.6 Å². The van der Waals surface area contributed by atoms with E-state index in [2.05, 4.69) is 15.3 Å². The van der Waals surface area contributed by atoms with Crippen molar-refractivity contribution >= 4 is 17.0 Å². The molecule has 1 N–H and O–H groups in total. The first-order valence-corrected chi connectivity index (χ1v) is 9.40. The highest BCUT2D eigenvalue weighted by atomic mass is 16.5. The van der Waals surface area contributed by atoms with E-state index in [0.29, 0.717) is 42.4 Å². The van der Waals surface area contributed by atoms with Gasteiger partial charge in [-0.3, -0.25) is 4.79 Å². The van der Waals surface area contributed by atoms with Crippen LogP contribution in [-0.4, -0.2) is 29.1 Å². The second kappa shape index (κ2) is 8.73. The minimum atomic E-state index is -0.242. The molecule has 0 fully saturated rings. The van der Waals surface area contributed by atoms with Gasteiger partial charge >= 0.3 is 0 Å². The third kappa shape index (κ3) is 4.24. The van der Waals surface area contributed by atoms with Gasteiger partial charge in [0.25, 0.3) is 5.91 Å². The lowest BCUT2D eigenvalue weighted by Crippen LogP contribution is -2.28. The Hall–Kier alpha value is -3.09. The van der Waals surface area contributed by atoms with Crippen LogP contribution >= 0.6 is 0 Å². The highest BCUT2D eigenvalue weighted by molar-refractivity contribution is 5.85. The van der Waals surface area contributed by atoms with E-state index in [1.54, 1.807) is 0 Å². The van der Waals surface area contributed by atoms with Crippen LogP contribution in [0.4, 0.5) is 0 Å². The third-order valence-corrected chi connectivity index (χ3v) is 4.45. The van der Waals surface area contributed by atoms with Crippen molar-refractivity contribution in [3.8, 4) is 11.6 Å². The van der Waals surface area contributed by atoms with Gasteiger partial charge in [0, 0.05) is 24.1 Å². The molecular formula is C21H25N3O4. The predicted octanol–water partition coefficient (Wildman–Crippen LogP) is 3.50. The van der Waals surface area contributed by atoms with E-state index in [1.165, 1.54) is 0 Å². The summed E-state index contributed by atoms with van der Waals surface area (Å²) in [4.78, 5) is 21.1. The first-order chi connectivity index (χ1) is 13.5. The van der Waals surface area contributed by atoms with Gasteiger partial charge in [0.15, 0.2) is 6.61 Å². The van der Waals surface area contributed by atoms with Crippen LogP contribution < -0.4 is 14.8 Å². The van der Waals surface area contributed by atoms with E-state index in [1.807, 2.05) is 52.0 Å². The summed E-state index contributed by atoms with van der Waals surface area (Å²) in [5.41, 5.74) is 2.32. The molecule has 2 aromatic heterocycles. The molecule has 148 valence electrons. The summed E-state index contributed by atoms with van der Waals surface area (Å²) in [7, 11) is 0. The van der Waals surface area contributed by atoms with Crippen molar-refractivity contribution in [3.05, 3.63) is 47.0 Å². The number of carbonyl (C=O) groups excluding carboxylic acids is 1. The molecule has 1 amide bonds. The number of amides is 1. The molecule has 3 rings (SSSR count). The number of benzene rings is 1. The molecule has 0 spiro atoms. The molecule has 0 aliphatic heterocycles. The predicted molar refractivity (Wildman–Crippen MR) is 106 cm³/mol. The van der Waals surface area contributed by atoms with Crippen molar-refractivity contribution in [1.82, 2.24) is 15.3 Å². The minimum absolute atomic E-state index is 0.143. The molecule has 7 nitrogen and oxygen atoms in total. The van der Waals surface area contributed by atoms with Crippen LogP contribution in [0.2, 0.25) is 0 Å². The average molecular weight is 383 g/mol. The van der Waals surface area contributed by atoms with Crippen molar-refractivity contribution in [3.63, 3.8) is 0 Å². The van der Waals surface area contributed by atoms with Crippen molar-refractivity contribution in [2.45, 2.75) is 40.7 Å². The number of para-hydroxylation sites is 1. The van der Waals surface area contributed by atoms with Crippen molar-refractivity contribution in [2.75, 3.05) is 13.2 Å². The molecule has 1 aromatic carbocycles. The SMILES string of the molecule is CCOc1ccccc1CNC(=O)COc1nc(CC)nc2oc(C)c(C)c12. The highest BCUT2D eigenvalue weighted by Crippen LogP contribution is 2.30. The zero-order valence-electron chi connectivity index (χ0n) is 16.7. The van der Waals surface area contributed by atoms with Gasteiger partial charge < -0.3 is 19.2 Å². The van der Waals surface area contributed by atoms with Gasteiger partial charge in [-0.1, -0.05) is 25.1 Å². The number of hydrogen-bond donors (Lipinski definition) is 1. The Morgan fingerprint density at radius 3 is 2.68 bits per heavy atom. The van der Waals surface area contributed by atoms with E-state index < -0.39 is 0 Å². The molecule has 3 aromatic rings. The maximum absolute atomic E-state index is 12.3. The number of aromatic nitrogens is 2. The zero-order chi connectivity index (χ0) is 20.1. The second-order valence-corrected chi connectivity index (χ2v) is 6.37. The van der Waals surface area contributed by atoms with Crippen LogP contribution in [0, 0.1) is 13.8 Å². The number of carbonyl (C=O) groups is 1. The Kier molecular flexibility index (Phi) is 6.13. The summed E-state index contributed by atoms with van der Waals surface area (Å²) >= 11 is 0. The molecule has 0 aliphatic rings. The molecular weight excluding hydrogens is 358 g/mol. The van der Waals surface area contributed by atoms with Crippen molar-refractivity contribution in [1.29, 1.82) is 0 Å². The Balaban J connectivity index is 1.68. The average Bonchev–Trinajstić information content (AvgIpc) is 2.99. The molecule has 0 saturated carbocycles. The molecule has 0 aliphatic carbocycles. The number of fused-ring (bicyclic) bond motifs is 1. The van der Waals surface area contributed by atoms with E-state index in [4.69, 9.17) is 13.9 Å². The van der Waals surface area contributed by atoms with Gasteiger partial charge in [-0.25, -0.2) is 0 Å². The smallest absolute Gasteiger partial charge is 0.258 e. The van der Waals surface area contributed by atoms with Crippen LogP contribution in [0.25, 0.3) is 11.1 Å². The summed E-state index contributed by atoms with van der Waals surface area (Å²) in [5, 5.41) is 3.57. The fourth-order valence-electron chi connectivity index (χ4n) is 2.84. The van der Waals surface area contributed by atoms with Crippen LogP contribution in [0.15, 0.2) is 28.7 Å². The number of nitrogens with zero attached hydrogens (tertiary/aromatic N) is 2. The number of rotatable bonds is 8. The van der Waals surface area contributed by atoms with Crippen LogP contribution in [0.3, 0.4) is 0 Å². The van der Waals surface area contributed by atoms with Gasteiger partial charge in [-0.15, -0.1) is 0 Å². The van der Waals surface area contributed by atoms with Crippen molar-refractivity contribution in [2.24, 2.45) is 0 Å². The van der Waals surface area contributed by atoms with Crippen LogP contribution in [0.5, 0.6) is 11.6 Å². The lowest BCUT2D eigenvalue weighted by molar-refractivity contribution is -0.123. The summed E-state index contributed by atoms with van der Waals surface area (Å²) in [6, 6.07) is 7.62. The third-order valence-electron chi connectivity index (χ3n) is 4.45. The van der Waals surface area contributed by atoms with Gasteiger partial charge in [0.05, 0.1) is 6.61 Å². The standard InChI is InChI=1S/C21H25N3O4/c1-5-17-23-20(19-13(3)14(4)28-21(19)24-17)27-12-18(25)22-11-15-9-7-8-10-16(15)26-6-2/h7-10H,5-6,11-12H2,1-4H3,(H,22,25). The van der Waals surface area contributed by atoms with E-state index >= 15 is 0 Å². The number of ether oxygens (including phenoxy) is 2. The topological polar surface area (TPSA) is 86.5 Å². The number of hydrogen-bond acceptors (Lipinski definition) is 6. The number of aryl methyl sites for hydroxylation is 3. The van der Waals surface area contributed by atoms with E-state index in [0.717, 1.165) is 22.6 Å². The van der Waals surface area contributed by atoms with Crippen LogP contribution in [-0.2, 0) is 17.8 Å². The molecule has 0 atom stereocenters. The summed E-state index contributed by atoms with van der Waals surface area (Å²) in [6.45, 7) is 8.47. The number of nitrogens with one attached hydrogen (secondary N) is 1. The van der Waals surface area contributed by atoms with Gasteiger partial charge in [0.1, 0.15) is 22.7 Å². The minimum Gasteiger partial charge on any atom is -0.494 e. The van der Waals surface area contributed by atoms with E-state index in [-0.39, 0.29) is 12.5 Å². The summed E-state index contributed by atoms with van der Waals surface area (Å²) in [5.74, 6) is 2.28. The molecule has 0 unspecified atom stereocenters. The van der Waals surface area contributed by atoms with E-state index in [9.17, 15) is 4.79 Å². The fraction of sp³-hybridized carbons (Fsp3) is 0.381. The summed E-state index contributed by atoms with van der Waals surface area (Å²) in [6.07, 6.45) is 0.644. The fourth-order valence-corrected chi connectivity index (χ4v) is 2.84. The van der Waals surface area contributed by atoms with Gasteiger partial charge in [-0.2, -0.15) is 9.97 Å². The summed E-state index contributed by atoms with van der Waals surface area (Å²) < 4.78 is 17.0. The first kappa shape index (κ1) is 19.7. The number of furan rings is 1. The monoisotopic (exact) mass is 383 g/mol. The Labute approximate surface area is 164 Å². The zero-order valence-corrected chi connectivity index (χ0v) is 16.7. The molecule has 7 heteroatoms. The van der Waals surface area contributed by atoms with Crippen molar-refractivity contribution < 1.29 is 18.7 Å². The first-order valence-electron chi connectivity index (χ1n) is 9.40. The molecule has 0 saturated heterocycles. The second-order valence-electron chi connectivity index (χ2n) is 6.37. The molecule has 0 bridgehead atoms.